The number of ether oxygens (including phenoxy) is 2. The Bertz CT molecular complexity index is 612. The quantitative estimate of drug-likeness (QED) is 0.913. The molecular formula is C13H10Cl2O3S. The van der Waals surface area contributed by atoms with E-state index in [2.05, 4.69) is 0 Å². The molecule has 1 aliphatic rings. The van der Waals surface area contributed by atoms with Crippen molar-refractivity contribution in [1.82, 2.24) is 0 Å². The van der Waals surface area contributed by atoms with Gasteiger partial charge in [-0.15, -0.1) is 11.3 Å². The molecule has 1 atom stereocenters. The van der Waals surface area contributed by atoms with Crippen LogP contribution in [-0.4, -0.2) is 18.3 Å². The maximum Gasteiger partial charge on any atom is 0.179 e. The van der Waals surface area contributed by atoms with Crippen molar-refractivity contribution in [3.63, 3.8) is 0 Å². The predicted octanol–water partition coefficient (Wildman–Crippen LogP) is 3.91. The van der Waals surface area contributed by atoms with E-state index in [1.54, 1.807) is 24.3 Å². The van der Waals surface area contributed by atoms with Gasteiger partial charge in [0.15, 0.2) is 11.5 Å². The Labute approximate surface area is 124 Å². The molecule has 3 nitrogen and oxygen atoms in total. The zero-order valence-electron chi connectivity index (χ0n) is 9.73. The third-order valence-electron chi connectivity index (χ3n) is 2.80. The minimum Gasteiger partial charge on any atom is -0.486 e. The Morgan fingerprint density at radius 1 is 1.16 bits per heavy atom. The molecule has 0 bridgehead atoms. The molecule has 0 fully saturated rings. The molecule has 1 N–H and O–H groups in total. The van der Waals surface area contributed by atoms with Crippen LogP contribution in [0.1, 0.15) is 16.5 Å². The van der Waals surface area contributed by atoms with E-state index in [-0.39, 0.29) is 0 Å². The maximum atomic E-state index is 10.3. The number of aliphatic hydroxyl groups is 1. The summed E-state index contributed by atoms with van der Waals surface area (Å²) in [6.45, 7) is 0.961. The van der Waals surface area contributed by atoms with Crippen LogP contribution in [0, 0.1) is 0 Å². The number of fused-ring (bicyclic) bond motifs is 1. The summed E-state index contributed by atoms with van der Waals surface area (Å²) in [5.74, 6) is 1.10. The van der Waals surface area contributed by atoms with E-state index in [0.29, 0.717) is 39.6 Å². The molecule has 0 radical (unpaired) electrons. The number of aliphatic hydroxyl groups excluding tert-OH is 1. The zero-order valence-corrected chi connectivity index (χ0v) is 12.1. The van der Waals surface area contributed by atoms with Crippen LogP contribution in [0.5, 0.6) is 11.5 Å². The second kappa shape index (κ2) is 5.21. The average molecular weight is 317 g/mol. The van der Waals surface area contributed by atoms with Gasteiger partial charge in [-0.3, -0.25) is 0 Å². The fourth-order valence-corrected chi connectivity index (χ4v) is 3.28. The molecule has 1 unspecified atom stereocenters. The number of rotatable bonds is 2. The van der Waals surface area contributed by atoms with E-state index in [0.717, 1.165) is 4.88 Å². The van der Waals surface area contributed by atoms with Crippen LogP contribution >= 0.6 is 34.5 Å². The van der Waals surface area contributed by atoms with E-state index in [1.807, 2.05) is 0 Å². The minimum atomic E-state index is -0.772. The summed E-state index contributed by atoms with van der Waals surface area (Å²) in [4.78, 5) is 0.762. The van der Waals surface area contributed by atoms with Gasteiger partial charge in [0.1, 0.15) is 19.3 Å². The molecule has 0 aliphatic carbocycles. The lowest BCUT2D eigenvalue weighted by Gasteiger charge is -2.21. The highest BCUT2D eigenvalue weighted by Crippen LogP contribution is 2.41. The van der Waals surface area contributed by atoms with Gasteiger partial charge in [-0.05, 0) is 29.8 Å². The summed E-state index contributed by atoms with van der Waals surface area (Å²) in [5, 5.41) is 10.8. The molecule has 2 aromatic rings. The Hall–Kier alpha value is -0.940. The van der Waals surface area contributed by atoms with Gasteiger partial charge in [0, 0.05) is 4.88 Å². The van der Waals surface area contributed by atoms with Crippen molar-refractivity contribution in [2.75, 3.05) is 13.2 Å². The van der Waals surface area contributed by atoms with Gasteiger partial charge in [0.05, 0.1) is 9.36 Å². The highest BCUT2D eigenvalue weighted by atomic mass is 35.5. The second-order valence-electron chi connectivity index (χ2n) is 4.07. The van der Waals surface area contributed by atoms with E-state index in [4.69, 9.17) is 32.7 Å². The van der Waals surface area contributed by atoms with Crippen molar-refractivity contribution in [2.24, 2.45) is 0 Å². The maximum absolute atomic E-state index is 10.3. The third kappa shape index (κ3) is 2.54. The average Bonchev–Trinajstić information content (AvgIpc) is 2.84. The van der Waals surface area contributed by atoms with E-state index < -0.39 is 6.10 Å². The summed E-state index contributed by atoms with van der Waals surface area (Å²) in [5.41, 5.74) is 0.660. The number of benzene rings is 1. The fraction of sp³-hybridized carbons (Fsp3) is 0.231. The van der Waals surface area contributed by atoms with Crippen LogP contribution in [0.2, 0.25) is 9.36 Å². The molecule has 3 rings (SSSR count). The normalized spacial score (nSPS) is 15.3. The summed E-state index contributed by atoms with van der Waals surface area (Å²) in [6.07, 6.45) is -0.772. The van der Waals surface area contributed by atoms with Crippen molar-refractivity contribution in [3.8, 4) is 11.5 Å². The minimum absolute atomic E-state index is 0.439. The molecule has 1 aliphatic heterocycles. The van der Waals surface area contributed by atoms with Crippen molar-refractivity contribution >= 4 is 34.5 Å². The van der Waals surface area contributed by atoms with Crippen molar-refractivity contribution in [2.45, 2.75) is 6.10 Å². The molecular weight excluding hydrogens is 307 g/mol. The Balaban J connectivity index is 1.99. The second-order valence-corrected chi connectivity index (χ2v) is 6.23. The van der Waals surface area contributed by atoms with Crippen molar-refractivity contribution < 1.29 is 14.6 Å². The number of thiophene rings is 1. The van der Waals surface area contributed by atoms with Crippen LogP contribution in [0.25, 0.3) is 0 Å². The predicted molar refractivity (Wildman–Crippen MR) is 75.8 cm³/mol. The Morgan fingerprint density at radius 3 is 2.68 bits per heavy atom. The molecule has 1 aromatic carbocycles. The van der Waals surface area contributed by atoms with Crippen molar-refractivity contribution in [1.29, 1.82) is 0 Å². The molecule has 0 saturated carbocycles. The summed E-state index contributed by atoms with van der Waals surface area (Å²) < 4.78 is 11.6. The molecule has 0 spiro atoms. The standard InChI is InChI=1S/C13H10Cl2O3S/c14-8-5-7(6-9-13(8)18-4-3-17-9)12(16)10-1-2-11(15)19-10/h1-2,5-6,12,16H,3-4H2. The topological polar surface area (TPSA) is 38.7 Å². The van der Waals surface area contributed by atoms with E-state index in [9.17, 15) is 5.11 Å². The van der Waals surface area contributed by atoms with Gasteiger partial charge in [-0.1, -0.05) is 23.2 Å². The van der Waals surface area contributed by atoms with Gasteiger partial charge in [-0.2, -0.15) is 0 Å². The lowest BCUT2D eigenvalue weighted by molar-refractivity contribution is 0.170. The molecule has 0 saturated heterocycles. The first-order valence-electron chi connectivity index (χ1n) is 5.67. The number of hydrogen-bond donors (Lipinski definition) is 1. The largest absolute Gasteiger partial charge is 0.486 e. The molecule has 6 heteroatoms. The SMILES string of the molecule is OC(c1cc(Cl)c2c(c1)OCCO2)c1ccc(Cl)s1. The Morgan fingerprint density at radius 2 is 1.95 bits per heavy atom. The summed E-state index contributed by atoms with van der Waals surface area (Å²) in [7, 11) is 0. The highest BCUT2D eigenvalue weighted by Gasteiger charge is 2.21. The lowest BCUT2D eigenvalue weighted by Crippen LogP contribution is -2.16. The molecule has 1 aromatic heterocycles. The highest BCUT2D eigenvalue weighted by molar-refractivity contribution is 7.16. The fourth-order valence-electron chi connectivity index (χ4n) is 1.93. The van der Waals surface area contributed by atoms with Crippen LogP contribution in [0.3, 0.4) is 0 Å². The van der Waals surface area contributed by atoms with Crippen LogP contribution in [-0.2, 0) is 0 Å². The number of halogens is 2. The molecule has 0 amide bonds. The van der Waals surface area contributed by atoms with Gasteiger partial charge < -0.3 is 14.6 Å². The molecule has 19 heavy (non-hydrogen) atoms. The first kappa shape index (κ1) is 13.1. The summed E-state index contributed by atoms with van der Waals surface area (Å²) >= 11 is 13.4. The van der Waals surface area contributed by atoms with Crippen LogP contribution in [0.4, 0.5) is 0 Å². The van der Waals surface area contributed by atoms with Gasteiger partial charge in [-0.25, -0.2) is 0 Å². The van der Waals surface area contributed by atoms with Gasteiger partial charge >= 0.3 is 0 Å². The third-order valence-corrected chi connectivity index (χ3v) is 4.36. The number of hydrogen-bond acceptors (Lipinski definition) is 4. The zero-order chi connectivity index (χ0) is 13.4. The van der Waals surface area contributed by atoms with Crippen LogP contribution in [0.15, 0.2) is 24.3 Å². The van der Waals surface area contributed by atoms with Gasteiger partial charge in [0.25, 0.3) is 0 Å². The smallest absolute Gasteiger partial charge is 0.179 e. The lowest BCUT2D eigenvalue weighted by atomic mass is 10.1. The first-order chi connectivity index (χ1) is 9.15. The van der Waals surface area contributed by atoms with Crippen LogP contribution < -0.4 is 9.47 Å². The monoisotopic (exact) mass is 316 g/mol. The van der Waals surface area contributed by atoms with E-state index in [1.165, 1.54) is 11.3 Å². The molecule has 100 valence electrons. The first-order valence-corrected chi connectivity index (χ1v) is 7.25. The van der Waals surface area contributed by atoms with E-state index >= 15 is 0 Å². The Kier molecular flexibility index (Phi) is 3.58. The van der Waals surface area contributed by atoms with Gasteiger partial charge in [0.2, 0.25) is 0 Å². The summed E-state index contributed by atoms with van der Waals surface area (Å²) in [6, 6.07) is 6.98. The molecule has 2 heterocycles. The van der Waals surface area contributed by atoms with Crippen molar-refractivity contribution in [3.05, 3.63) is 44.1 Å².